The summed E-state index contributed by atoms with van der Waals surface area (Å²) in [6.07, 6.45) is 3.79. The van der Waals surface area contributed by atoms with Gasteiger partial charge in [0.05, 0.1) is 12.6 Å². The topological polar surface area (TPSA) is 52.0 Å². The highest BCUT2D eigenvalue weighted by atomic mass is 16.5. The first-order valence-corrected chi connectivity index (χ1v) is 7.45. The Labute approximate surface area is 129 Å². The van der Waals surface area contributed by atoms with E-state index in [1.54, 1.807) is 10.9 Å². The van der Waals surface area contributed by atoms with Gasteiger partial charge in [0.15, 0.2) is 5.82 Å². The van der Waals surface area contributed by atoms with E-state index in [4.69, 9.17) is 4.74 Å². The van der Waals surface area contributed by atoms with Gasteiger partial charge in [0.1, 0.15) is 11.3 Å². The minimum Gasteiger partial charge on any atom is -0.494 e. The maximum absolute atomic E-state index is 5.47. The molecular weight excluding hydrogens is 276 g/mol. The van der Waals surface area contributed by atoms with Crippen LogP contribution in [0.2, 0.25) is 0 Å². The summed E-state index contributed by atoms with van der Waals surface area (Å²) in [6.45, 7) is 4.77. The molecule has 0 bridgehead atoms. The van der Waals surface area contributed by atoms with Crippen molar-refractivity contribution in [2.75, 3.05) is 11.9 Å². The lowest BCUT2D eigenvalue weighted by molar-refractivity contribution is 0.340. The monoisotopic (exact) mass is 296 g/mol. The molecule has 0 aliphatic heterocycles. The molecule has 114 valence electrons. The summed E-state index contributed by atoms with van der Waals surface area (Å²) in [6, 6.07) is 10.2. The average Bonchev–Trinajstić information content (AvgIpc) is 2.90. The van der Waals surface area contributed by atoms with Gasteiger partial charge in [-0.15, -0.1) is 0 Å². The van der Waals surface area contributed by atoms with Crippen LogP contribution < -0.4 is 10.1 Å². The molecule has 3 rings (SSSR count). The summed E-state index contributed by atoms with van der Waals surface area (Å²) in [5, 5.41) is 8.99. The van der Waals surface area contributed by atoms with E-state index < -0.39 is 0 Å². The molecule has 0 unspecified atom stereocenters. The second kappa shape index (κ2) is 6.05. The van der Waals surface area contributed by atoms with E-state index in [0.717, 1.165) is 22.5 Å². The van der Waals surface area contributed by atoms with E-state index >= 15 is 0 Å². The Hall–Kier alpha value is -2.56. The number of hydrogen-bond donors (Lipinski definition) is 1. The first-order chi connectivity index (χ1) is 10.7. The molecule has 0 radical (unpaired) electrons. The Balaban J connectivity index is 1.81. The van der Waals surface area contributed by atoms with E-state index in [0.29, 0.717) is 6.61 Å². The van der Waals surface area contributed by atoms with Crippen LogP contribution in [0.3, 0.4) is 0 Å². The minimum absolute atomic E-state index is 0.135. The molecule has 5 heteroatoms. The second-order valence-corrected chi connectivity index (χ2v) is 5.27. The number of rotatable bonds is 5. The van der Waals surface area contributed by atoms with Gasteiger partial charge in [-0.05, 0) is 37.6 Å². The van der Waals surface area contributed by atoms with Crippen LogP contribution in [-0.2, 0) is 7.05 Å². The van der Waals surface area contributed by atoms with E-state index in [9.17, 15) is 0 Å². The fourth-order valence-electron chi connectivity index (χ4n) is 2.48. The predicted octanol–water partition coefficient (Wildman–Crippen LogP) is 3.54. The molecule has 3 aromatic rings. The maximum atomic E-state index is 5.47. The van der Waals surface area contributed by atoms with E-state index in [2.05, 4.69) is 34.5 Å². The number of nitrogens with zero attached hydrogens (tertiary/aromatic N) is 3. The molecular formula is C17H20N4O. The molecule has 1 atom stereocenters. The van der Waals surface area contributed by atoms with Gasteiger partial charge >= 0.3 is 0 Å². The highest BCUT2D eigenvalue weighted by Crippen LogP contribution is 2.24. The minimum atomic E-state index is 0.135. The van der Waals surface area contributed by atoms with Crippen molar-refractivity contribution in [1.29, 1.82) is 0 Å². The Bertz CT molecular complexity index is 764. The van der Waals surface area contributed by atoms with E-state index in [-0.39, 0.29) is 6.04 Å². The highest BCUT2D eigenvalue weighted by molar-refractivity contribution is 5.87. The molecule has 0 amide bonds. The van der Waals surface area contributed by atoms with Crippen molar-refractivity contribution in [1.82, 2.24) is 14.8 Å². The van der Waals surface area contributed by atoms with Gasteiger partial charge in [0.25, 0.3) is 0 Å². The number of aryl methyl sites for hydroxylation is 1. The lowest BCUT2D eigenvalue weighted by atomic mass is 10.1. The van der Waals surface area contributed by atoms with Crippen molar-refractivity contribution in [3.8, 4) is 5.75 Å². The number of anilines is 1. The van der Waals surface area contributed by atoms with Crippen LogP contribution in [0.5, 0.6) is 5.75 Å². The number of hydrogen-bond acceptors (Lipinski definition) is 4. The molecule has 0 saturated carbocycles. The molecule has 22 heavy (non-hydrogen) atoms. The molecule has 5 nitrogen and oxygen atoms in total. The van der Waals surface area contributed by atoms with Gasteiger partial charge in [-0.25, -0.2) is 4.98 Å². The summed E-state index contributed by atoms with van der Waals surface area (Å²) in [5.74, 6) is 1.70. The molecule has 2 heterocycles. The molecule has 2 aromatic heterocycles. The van der Waals surface area contributed by atoms with E-state index in [1.807, 2.05) is 38.4 Å². The molecule has 0 fully saturated rings. The number of aromatic nitrogens is 3. The zero-order chi connectivity index (χ0) is 15.5. The van der Waals surface area contributed by atoms with Gasteiger partial charge in [0.2, 0.25) is 0 Å². The Morgan fingerprint density at radius 3 is 2.73 bits per heavy atom. The Kier molecular flexibility index (Phi) is 3.96. The third-order valence-electron chi connectivity index (χ3n) is 3.58. The fourth-order valence-corrected chi connectivity index (χ4v) is 2.48. The van der Waals surface area contributed by atoms with Crippen LogP contribution in [0.25, 0.3) is 10.9 Å². The zero-order valence-electron chi connectivity index (χ0n) is 13.1. The van der Waals surface area contributed by atoms with Gasteiger partial charge in [0, 0.05) is 24.8 Å². The third kappa shape index (κ3) is 2.88. The number of fused-ring (bicyclic) bond motifs is 1. The number of nitrogens with one attached hydrogen (secondary N) is 1. The van der Waals surface area contributed by atoms with Gasteiger partial charge < -0.3 is 10.1 Å². The summed E-state index contributed by atoms with van der Waals surface area (Å²) in [4.78, 5) is 4.42. The van der Waals surface area contributed by atoms with Gasteiger partial charge in [-0.1, -0.05) is 12.1 Å². The van der Waals surface area contributed by atoms with Crippen molar-refractivity contribution in [3.63, 3.8) is 0 Å². The average molecular weight is 296 g/mol. The lowest BCUT2D eigenvalue weighted by Crippen LogP contribution is -2.08. The summed E-state index contributed by atoms with van der Waals surface area (Å²) >= 11 is 0. The molecule has 0 aliphatic rings. The van der Waals surface area contributed by atoms with E-state index in [1.165, 1.54) is 5.56 Å². The zero-order valence-corrected chi connectivity index (χ0v) is 13.1. The largest absolute Gasteiger partial charge is 0.494 e. The van der Waals surface area contributed by atoms with Crippen LogP contribution in [0.4, 0.5) is 5.82 Å². The van der Waals surface area contributed by atoms with Crippen LogP contribution in [-0.4, -0.2) is 21.4 Å². The lowest BCUT2D eigenvalue weighted by Gasteiger charge is -2.15. The number of ether oxygens (including phenoxy) is 1. The first kappa shape index (κ1) is 14.4. The maximum Gasteiger partial charge on any atom is 0.154 e. The van der Waals surface area contributed by atoms with Gasteiger partial charge in [-0.3, -0.25) is 4.68 Å². The summed E-state index contributed by atoms with van der Waals surface area (Å²) in [7, 11) is 1.92. The standard InChI is InChI=1S/C17H20N4O/c1-4-22-15-7-5-13(6-8-15)12(2)19-17-16-14(9-10-18-17)11-21(3)20-16/h5-12H,4H2,1-3H3,(H,18,19)/t12-/m0/s1. The Morgan fingerprint density at radius 1 is 1.23 bits per heavy atom. The summed E-state index contributed by atoms with van der Waals surface area (Å²) in [5.41, 5.74) is 2.07. The number of benzene rings is 1. The van der Waals surface area contributed by atoms with Gasteiger partial charge in [-0.2, -0.15) is 5.10 Å². The van der Waals surface area contributed by atoms with Crippen molar-refractivity contribution < 1.29 is 4.74 Å². The fraction of sp³-hybridized carbons (Fsp3) is 0.294. The number of pyridine rings is 1. The Morgan fingerprint density at radius 2 is 2.00 bits per heavy atom. The summed E-state index contributed by atoms with van der Waals surface area (Å²) < 4.78 is 7.28. The van der Waals surface area contributed by atoms with Crippen molar-refractivity contribution >= 4 is 16.7 Å². The molecule has 0 spiro atoms. The third-order valence-corrected chi connectivity index (χ3v) is 3.58. The first-order valence-electron chi connectivity index (χ1n) is 7.45. The van der Waals surface area contributed by atoms with Crippen LogP contribution in [0, 0.1) is 0 Å². The molecule has 0 aliphatic carbocycles. The predicted molar refractivity (Wildman–Crippen MR) is 88.2 cm³/mol. The highest BCUT2D eigenvalue weighted by Gasteiger charge is 2.11. The normalized spacial score (nSPS) is 12.3. The second-order valence-electron chi connectivity index (χ2n) is 5.27. The molecule has 1 aromatic carbocycles. The molecule has 1 N–H and O–H groups in total. The SMILES string of the molecule is CCOc1ccc([C@H](C)Nc2nccc3cn(C)nc23)cc1. The van der Waals surface area contributed by atoms with Crippen LogP contribution in [0.1, 0.15) is 25.5 Å². The van der Waals surface area contributed by atoms with Crippen molar-refractivity contribution in [3.05, 3.63) is 48.3 Å². The quantitative estimate of drug-likeness (QED) is 0.782. The smallest absolute Gasteiger partial charge is 0.154 e. The van der Waals surface area contributed by atoms with Crippen molar-refractivity contribution in [2.24, 2.45) is 7.05 Å². The van der Waals surface area contributed by atoms with Crippen LogP contribution >= 0.6 is 0 Å². The van der Waals surface area contributed by atoms with Crippen molar-refractivity contribution in [2.45, 2.75) is 19.9 Å². The van der Waals surface area contributed by atoms with Crippen LogP contribution in [0.15, 0.2) is 42.7 Å². The molecule has 0 saturated heterocycles.